The van der Waals surface area contributed by atoms with E-state index in [4.69, 9.17) is 0 Å². The van der Waals surface area contributed by atoms with E-state index >= 15 is 0 Å². The van der Waals surface area contributed by atoms with Crippen molar-refractivity contribution in [3.63, 3.8) is 0 Å². The van der Waals surface area contributed by atoms with Crippen LogP contribution in [0.4, 0.5) is 4.39 Å². The third-order valence-electron chi connectivity index (χ3n) is 3.21. The Labute approximate surface area is 148 Å². The number of carbonyl (C=O) groups excluding carboxylic acids is 1. The van der Waals surface area contributed by atoms with Crippen molar-refractivity contribution in [1.29, 1.82) is 0 Å². The number of hydrogen-bond donors (Lipinski definition) is 2. The third kappa shape index (κ3) is 4.86. The van der Waals surface area contributed by atoms with E-state index in [0.29, 0.717) is 4.47 Å². The van der Waals surface area contributed by atoms with Gasteiger partial charge in [-0.2, -0.15) is 0 Å². The van der Waals surface area contributed by atoms with E-state index in [1.807, 2.05) is 6.92 Å². The van der Waals surface area contributed by atoms with E-state index in [2.05, 4.69) is 26.0 Å². The minimum absolute atomic E-state index is 0.0000961. The van der Waals surface area contributed by atoms with Crippen molar-refractivity contribution in [3.8, 4) is 0 Å². The van der Waals surface area contributed by atoms with Crippen LogP contribution < -0.4 is 10.0 Å². The minimum atomic E-state index is -3.63. The lowest BCUT2D eigenvalue weighted by atomic mass is 10.2. The zero-order valence-corrected chi connectivity index (χ0v) is 15.2. The van der Waals surface area contributed by atoms with E-state index in [1.54, 1.807) is 18.2 Å². The summed E-state index contributed by atoms with van der Waals surface area (Å²) in [6.45, 7) is 1.90. The molecular formula is C16H16BrFN2O3S. The summed E-state index contributed by atoms with van der Waals surface area (Å²) in [6.07, 6.45) is 0. The predicted molar refractivity (Wildman–Crippen MR) is 92.8 cm³/mol. The van der Waals surface area contributed by atoms with Crippen molar-refractivity contribution in [2.75, 3.05) is 13.1 Å². The Bertz CT molecular complexity index is 839. The predicted octanol–water partition coefficient (Wildman–Crippen LogP) is 2.60. The molecule has 1 amide bonds. The van der Waals surface area contributed by atoms with E-state index in [9.17, 15) is 17.6 Å². The van der Waals surface area contributed by atoms with Crippen molar-refractivity contribution in [2.45, 2.75) is 11.8 Å². The summed E-state index contributed by atoms with van der Waals surface area (Å²) >= 11 is 3.11. The van der Waals surface area contributed by atoms with Crippen molar-refractivity contribution >= 4 is 31.9 Å². The number of sulfonamides is 1. The lowest BCUT2D eigenvalue weighted by Gasteiger charge is -2.09. The van der Waals surface area contributed by atoms with Gasteiger partial charge in [-0.05, 0) is 37.3 Å². The van der Waals surface area contributed by atoms with Crippen LogP contribution in [-0.4, -0.2) is 27.4 Å². The van der Waals surface area contributed by atoms with Crippen molar-refractivity contribution in [1.82, 2.24) is 10.0 Å². The Kier molecular flexibility index (Phi) is 6.09. The second kappa shape index (κ2) is 7.87. The van der Waals surface area contributed by atoms with E-state index < -0.39 is 21.7 Å². The summed E-state index contributed by atoms with van der Waals surface area (Å²) < 4.78 is 40.7. The van der Waals surface area contributed by atoms with Crippen LogP contribution in [0.1, 0.15) is 15.9 Å². The monoisotopic (exact) mass is 414 g/mol. The molecule has 0 aliphatic carbocycles. The first kappa shape index (κ1) is 18.6. The quantitative estimate of drug-likeness (QED) is 0.713. The number of benzene rings is 2. The van der Waals surface area contributed by atoms with Crippen LogP contribution in [0.15, 0.2) is 51.8 Å². The highest BCUT2D eigenvalue weighted by atomic mass is 79.9. The van der Waals surface area contributed by atoms with Crippen LogP contribution in [0, 0.1) is 12.7 Å². The van der Waals surface area contributed by atoms with Gasteiger partial charge < -0.3 is 5.32 Å². The number of aryl methyl sites for hydroxylation is 1. The molecule has 2 aromatic carbocycles. The van der Waals surface area contributed by atoms with Gasteiger partial charge in [-0.15, -0.1) is 0 Å². The van der Waals surface area contributed by atoms with Crippen molar-refractivity contribution in [3.05, 3.63) is 63.9 Å². The Morgan fingerprint density at radius 1 is 1.12 bits per heavy atom. The summed E-state index contributed by atoms with van der Waals surface area (Å²) in [4.78, 5) is 12.0. The second-order valence-corrected chi connectivity index (χ2v) is 7.77. The highest BCUT2D eigenvalue weighted by molar-refractivity contribution is 9.10. The number of rotatable bonds is 6. The summed E-state index contributed by atoms with van der Waals surface area (Å²) in [6, 6.07) is 10.5. The van der Waals surface area contributed by atoms with Crippen molar-refractivity contribution < 1.29 is 17.6 Å². The molecule has 8 heteroatoms. The van der Waals surface area contributed by atoms with Gasteiger partial charge in [-0.1, -0.05) is 33.6 Å². The van der Waals surface area contributed by atoms with E-state index in [0.717, 1.165) is 5.56 Å². The third-order valence-corrected chi connectivity index (χ3v) is 5.18. The molecule has 0 heterocycles. The highest BCUT2D eigenvalue weighted by Crippen LogP contribution is 2.15. The molecular weight excluding hydrogens is 399 g/mol. The van der Waals surface area contributed by atoms with E-state index in [1.165, 1.54) is 24.3 Å². The van der Waals surface area contributed by atoms with Crippen LogP contribution >= 0.6 is 15.9 Å². The lowest BCUT2D eigenvalue weighted by molar-refractivity contribution is 0.0950. The second-order valence-electron chi connectivity index (χ2n) is 5.09. The van der Waals surface area contributed by atoms with Crippen LogP contribution in [0.25, 0.3) is 0 Å². The molecule has 0 unspecified atom stereocenters. The number of hydrogen-bond acceptors (Lipinski definition) is 3. The fourth-order valence-electron chi connectivity index (χ4n) is 1.93. The molecule has 2 N–H and O–H groups in total. The normalized spacial score (nSPS) is 11.3. The summed E-state index contributed by atoms with van der Waals surface area (Å²) in [7, 11) is -3.63. The topological polar surface area (TPSA) is 75.3 Å². The highest BCUT2D eigenvalue weighted by Gasteiger charge is 2.14. The molecule has 0 aromatic heterocycles. The first-order chi connectivity index (χ1) is 11.3. The zero-order valence-electron chi connectivity index (χ0n) is 12.8. The van der Waals surface area contributed by atoms with Crippen LogP contribution in [-0.2, 0) is 10.0 Å². The average Bonchev–Trinajstić information content (AvgIpc) is 2.52. The number of carbonyl (C=O) groups is 1. The number of nitrogens with one attached hydrogen (secondary N) is 2. The molecule has 24 heavy (non-hydrogen) atoms. The zero-order chi connectivity index (χ0) is 17.7. The molecule has 0 radical (unpaired) electrons. The SMILES string of the molecule is Cc1ccc(S(=O)(=O)NCCNC(=O)c2ccc(Br)cc2F)cc1. The molecule has 128 valence electrons. The molecule has 0 aliphatic heterocycles. The molecule has 5 nitrogen and oxygen atoms in total. The molecule has 0 aliphatic rings. The molecule has 0 fully saturated rings. The van der Waals surface area contributed by atoms with Crippen LogP contribution in [0.3, 0.4) is 0 Å². The van der Waals surface area contributed by atoms with Gasteiger partial charge in [-0.25, -0.2) is 17.5 Å². The number of amides is 1. The van der Waals surface area contributed by atoms with Gasteiger partial charge in [0.15, 0.2) is 0 Å². The average molecular weight is 415 g/mol. The first-order valence-corrected chi connectivity index (χ1v) is 9.37. The Hall–Kier alpha value is -1.77. The maximum Gasteiger partial charge on any atom is 0.254 e. The minimum Gasteiger partial charge on any atom is -0.351 e. The Balaban J connectivity index is 1.88. The molecule has 0 atom stereocenters. The van der Waals surface area contributed by atoms with Gasteiger partial charge in [0.25, 0.3) is 5.91 Å². The molecule has 2 aromatic rings. The van der Waals surface area contributed by atoms with E-state index in [-0.39, 0.29) is 23.5 Å². The Morgan fingerprint density at radius 3 is 2.42 bits per heavy atom. The first-order valence-electron chi connectivity index (χ1n) is 7.09. The van der Waals surface area contributed by atoms with Gasteiger partial charge in [0.05, 0.1) is 10.5 Å². The fourth-order valence-corrected chi connectivity index (χ4v) is 3.30. The maximum atomic E-state index is 13.7. The summed E-state index contributed by atoms with van der Waals surface area (Å²) in [5.74, 6) is -1.25. The van der Waals surface area contributed by atoms with Gasteiger partial charge in [0, 0.05) is 17.6 Å². The maximum absolute atomic E-state index is 13.7. The van der Waals surface area contributed by atoms with Gasteiger partial charge in [-0.3, -0.25) is 4.79 Å². The smallest absolute Gasteiger partial charge is 0.254 e. The molecule has 0 saturated heterocycles. The largest absolute Gasteiger partial charge is 0.351 e. The van der Waals surface area contributed by atoms with Crippen LogP contribution in [0.5, 0.6) is 0 Å². The van der Waals surface area contributed by atoms with Crippen molar-refractivity contribution in [2.24, 2.45) is 0 Å². The molecule has 2 rings (SSSR count). The van der Waals surface area contributed by atoms with Gasteiger partial charge in [0.1, 0.15) is 5.82 Å². The summed E-state index contributed by atoms with van der Waals surface area (Å²) in [5, 5.41) is 2.47. The molecule has 0 saturated carbocycles. The van der Waals surface area contributed by atoms with Gasteiger partial charge >= 0.3 is 0 Å². The number of halogens is 2. The Morgan fingerprint density at radius 2 is 1.79 bits per heavy atom. The van der Waals surface area contributed by atoms with Crippen LogP contribution in [0.2, 0.25) is 0 Å². The molecule has 0 spiro atoms. The fraction of sp³-hybridized carbons (Fsp3) is 0.188. The summed E-state index contributed by atoms with van der Waals surface area (Å²) in [5.41, 5.74) is 0.859. The molecule has 0 bridgehead atoms. The standard InChI is InChI=1S/C16H16BrFN2O3S/c1-11-2-5-13(6-3-11)24(22,23)20-9-8-19-16(21)14-7-4-12(17)10-15(14)18/h2-7,10,20H,8-9H2,1H3,(H,19,21). The lowest BCUT2D eigenvalue weighted by Crippen LogP contribution is -2.35. The van der Waals surface area contributed by atoms with Gasteiger partial charge in [0.2, 0.25) is 10.0 Å².